The highest BCUT2D eigenvalue weighted by Crippen LogP contribution is 2.34. The number of aromatic nitrogens is 2. The van der Waals surface area contributed by atoms with Gasteiger partial charge in [0.2, 0.25) is 11.0 Å². The summed E-state index contributed by atoms with van der Waals surface area (Å²) in [5, 5.41) is 10.2. The molecule has 3 rings (SSSR count). The zero-order valence-electron chi connectivity index (χ0n) is 12.4. The molecule has 0 spiro atoms. The van der Waals surface area contributed by atoms with Crippen molar-refractivity contribution in [3.63, 3.8) is 0 Å². The Morgan fingerprint density at radius 3 is 2.62 bits per heavy atom. The molecule has 1 aliphatic carbocycles. The van der Waals surface area contributed by atoms with Crippen LogP contribution in [0.15, 0.2) is 24.3 Å². The van der Waals surface area contributed by atoms with E-state index in [-0.39, 0.29) is 5.91 Å². The predicted octanol–water partition coefficient (Wildman–Crippen LogP) is 3.81. The van der Waals surface area contributed by atoms with Gasteiger partial charge in [-0.05, 0) is 25.3 Å². The molecule has 0 saturated heterocycles. The highest BCUT2D eigenvalue weighted by Gasteiger charge is 2.28. The molecule has 21 heavy (non-hydrogen) atoms. The number of benzene rings is 1. The summed E-state index contributed by atoms with van der Waals surface area (Å²) in [6.07, 6.45) is 4.52. The van der Waals surface area contributed by atoms with Crippen molar-refractivity contribution in [1.82, 2.24) is 10.2 Å². The fourth-order valence-corrected chi connectivity index (χ4v) is 4.00. The van der Waals surface area contributed by atoms with Crippen molar-refractivity contribution in [1.29, 1.82) is 0 Å². The van der Waals surface area contributed by atoms with Gasteiger partial charge in [0, 0.05) is 18.5 Å². The van der Waals surface area contributed by atoms with E-state index in [0.717, 1.165) is 28.5 Å². The number of nitrogens with zero attached hydrogens (tertiary/aromatic N) is 3. The summed E-state index contributed by atoms with van der Waals surface area (Å²) >= 11 is 1.51. The first-order chi connectivity index (χ1) is 10.2. The fraction of sp³-hybridized carbons (Fsp3) is 0.438. The van der Waals surface area contributed by atoms with Crippen molar-refractivity contribution in [2.24, 2.45) is 0 Å². The maximum absolute atomic E-state index is 12.0. The smallest absolute Gasteiger partial charge is 0.225 e. The van der Waals surface area contributed by atoms with E-state index in [1.807, 2.05) is 23.1 Å². The predicted molar refractivity (Wildman–Crippen MR) is 85.5 cm³/mol. The minimum atomic E-state index is 0.0642. The van der Waals surface area contributed by atoms with E-state index in [4.69, 9.17) is 0 Å². The van der Waals surface area contributed by atoms with E-state index in [2.05, 4.69) is 23.2 Å². The quantitative estimate of drug-likeness (QED) is 0.866. The van der Waals surface area contributed by atoms with Crippen molar-refractivity contribution >= 4 is 22.4 Å². The second kappa shape index (κ2) is 5.93. The number of aryl methyl sites for hydroxylation is 1. The van der Waals surface area contributed by atoms with Crippen molar-refractivity contribution in [3.05, 3.63) is 29.8 Å². The van der Waals surface area contributed by atoms with Crippen LogP contribution in [0.3, 0.4) is 0 Å². The first-order valence-electron chi connectivity index (χ1n) is 7.36. The van der Waals surface area contributed by atoms with Crippen LogP contribution in [0, 0.1) is 6.92 Å². The Morgan fingerprint density at radius 2 is 1.95 bits per heavy atom. The van der Waals surface area contributed by atoms with Gasteiger partial charge < -0.3 is 0 Å². The molecule has 1 saturated carbocycles. The Balaban J connectivity index is 1.93. The average molecular weight is 301 g/mol. The highest BCUT2D eigenvalue weighted by molar-refractivity contribution is 7.18. The molecule has 1 fully saturated rings. The molecule has 0 radical (unpaired) electrons. The number of carbonyl (C=O) groups excluding carboxylic acids is 1. The standard InChI is InChI=1S/C16H19N3OS/c1-11-7-3-6-10-14(11)15-17-18-16(21-15)19(12(2)20)13-8-4-5-9-13/h3,6-7,10,13H,4-5,8-9H2,1-2H3. The third-order valence-corrected chi connectivity index (χ3v) is 4.98. The second-order valence-corrected chi connectivity index (χ2v) is 6.49. The van der Waals surface area contributed by atoms with E-state index in [0.29, 0.717) is 6.04 Å². The molecule has 0 N–H and O–H groups in total. The van der Waals surface area contributed by atoms with Gasteiger partial charge in [0.15, 0.2) is 0 Å². The summed E-state index contributed by atoms with van der Waals surface area (Å²) in [6.45, 7) is 3.68. The van der Waals surface area contributed by atoms with Gasteiger partial charge in [-0.15, -0.1) is 10.2 Å². The summed E-state index contributed by atoms with van der Waals surface area (Å²) in [5.74, 6) is 0.0642. The van der Waals surface area contributed by atoms with E-state index >= 15 is 0 Å². The first kappa shape index (κ1) is 14.2. The van der Waals surface area contributed by atoms with Gasteiger partial charge in [-0.2, -0.15) is 0 Å². The molecular weight excluding hydrogens is 282 g/mol. The molecule has 5 heteroatoms. The van der Waals surface area contributed by atoms with Gasteiger partial charge in [-0.25, -0.2) is 0 Å². The molecule has 1 heterocycles. The Hall–Kier alpha value is -1.75. The Labute approximate surface area is 128 Å². The second-order valence-electron chi connectivity index (χ2n) is 5.53. The van der Waals surface area contributed by atoms with Crippen LogP contribution in [0.1, 0.15) is 38.2 Å². The summed E-state index contributed by atoms with van der Waals surface area (Å²) < 4.78 is 0. The van der Waals surface area contributed by atoms with Crippen LogP contribution in [0.2, 0.25) is 0 Å². The number of hydrogen-bond donors (Lipinski definition) is 0. The molecule has 0 atom stereocenters. The molecule has 0 aliphatic heterocycles. The lowest BCUT2D eigenvalue weighted by atomic mass is 10.1. The van der Waals surface area contributed by atoms with Gasteiger partial charge in [0.25, 0.3) is 0 Å². The molecule has 1 aromatic carbocycles. The van der Waals surface area contributed by atoms with E-state index in [1.54, 1.807) is 6.92 Å². The number of rotatable bonds is 3. The van der Waals surface area contributed by atoms with Crippen LogP contribution in [-0.4, -0.2) is 22.1 Å². The van der Waals surface area contributed by atoms with E-state index in [9.17, 15) is 4.79 Å². The van der Waals surface area contributed by atoms with Gasteiger partial charge >= 0.3 is 0 Å². The molecular formula is C16H19N3OS. The van der Waals surface area contributed by atoms with Crippen molar-refractivity contribution in [2.45, 2.75) is 45.6 Å². The van der Waals surface area contributed by atoms with Crippen LogP contribution in [0.25, 0.3) is 10.6 Å². The third-order valence-electron chi connectivity index (χ3n) is 4.02. The van der Waals surface area contributed by atoms with Crippen molar-refractivity contribution < 1.29 is 4.79 Å². The zero-order chi connectivity index (χ0) is 14.8. The maximum atomic E-state index is 12.0. The minimum absolute atomic E-state index is 0.0642. The zero-order valence-corrected chi connectivity index (χ0v) is 13.2. The van der Waals surface area contributed by atoms with E-state index in [1.165, 1.54) is 29.7 Å². The topological polar surface area (TPSA) is 46.1 Å². The maximum Gasteiger partial charge on any atom is 0.225 e. The van der Waals surface area contributed by atoms with Crippen LogP contribution in [0.5, 0.6) is 0 Å². The third kappa shape index (κ3) is 2.83. The van der Waals surface area contributed by atoms with Crippen molar-refractivity contribution in [3.8, 4) is 10.6 Å². The molecule has 1 aromatic heterocycles. The first-order valence-corrected chi connectivity index (χ1v) is 8.18. The Morgan fingerprint density at radius 1 is 1.24 bits per heavy atom. The number of anilines is 1. The highest BCUT2D eigenvalue weighted by atomic mass is 32.1. The minimum Gasteiger partial charge on any atom is -0.284 e. The lowest BCUT2D eigenvalue weighted by Crippen LogP contribution is -2.37. The molecule has 0 bridgehead atoms. The molecule has 110 valence electrons. The SMILES string of the molecule is CC(=O)N(c1nnc(-c2ccccc2C)s1)C1CCCC1. The van der Waals surface area contributed by atoms with E-state index < -0.39 is 0 Å². The Bertz CT molecular complexity index is 646. The molecule has 2 aromatic rings. The van der Waals surface area contributed by atoms with Crippen LogP contribution in [-0.2, 0) is 4.79 Å². The molecule has 0 unspecified atom stereocenters. The largest absolute Gasteiger partial charge is 0.284 e. The normalized spacial score (nSPS) is 15.3. The Kier molecular flexibility index (Phi) is 4.01. The number of hydrogen-bond acceptors (Lipinski definition) is 4. The average Bonchev–Trinajstić information content (AvgIpc) is 3.11. The van der Waals surface area contributed by atoms with Crippen LogP contribution < -0.4 is 4.90 Å². The lowest BCUT2D eigenvalue weighted by Gasteiger charge is -2.24. The monoisotopic (exact) mass is 301 g/mol. The van der Waals surface area contributed by atoms with Gasteiger partial charge in [0.05, 0.1) is 0 Å². The van der Waals surface area contributed by atoms with Gasteiger partial charge in [-0.3, -0.25) is 9.69 Å². The van der Waals surface area contributed by atoms with Gasteiger partial charge in [0.1, 0.15) is 5.01 Å². The molecule has 1 aliphatic rings. The summed E-state index contributed by atoms with van der Waals surface area (Å²) in [6, 6.07) is 8.42. The number of carbonyl (C=O) groups is 1. The summed E-state index contributed by atoms with van der Waals surface area (Å²) in [7, 11) is 0. The lowest BCUT2D eigenvalue weighted by molar-refractivity contribution is -0.117. The van der Waals surface area contributed by atoms with Crippen LogP contribution in [0.4, 0.5) is 5.13 Å². The molecule has 1 amide bonds. The molecule has 4 nitrogen and oxygen atoms in total. The number of amides is 1. The summed E-state index contributed by atoms with van der Waals surface area (Å²) in [5.41, 5.74) is 2.27. The van der Waals surface area contributed by atoms with Crippen LogP contribution >= 0.6 is 11.3 Å². The summed E-state index contributed by atoms with van der Waals surface area (Å²) in [4.78, 5) is 13.8. The fourth-order valence-electron chi connectivity index (χ4n) is 2.94. The van der Waals surface area contributed by atoms with Crippen molar-refractivity contribution in [2.75, 3.05) is 4.90 Å². The van der Waals surface area contributed by atoms with Gasteiger partial charge in [-0.1, -0.05) is 48.4 Å².